The van der Waals surface area contributed by atoms with E-state index < -0.39 is 11.9 Å². The van der Waals surface area contributed by atoms with E-state index in [1.54, 1.807) is 48.5 Å². The summed E-state index contributed by atoms with van der Waals surface area (Å²) in [6.45, 7) is 11.2. The smallest absolute Gasteiger partial charge is 0.343 e. The first-order valence-corrected chi connectivity index (χ1v) is 14.2. The molecule has 2 aliphatic carbocycles. The fraction of sp³-hybridized carbons (Fsp3) is 0.485. The summed E-state index contributed by atoms with van der Waals surface area (Å²) < 4.78 is 22.1. The van der Waals surface area contributed by atoms with E-state index in [0.717, 1.165) is 44.6 Å². The molecule has 0 spiro atoms. The molecule has 0 aromatic heterocycles. The number of ether oxygens (including phenoxy) is 4. The molecular weight excluding hydrogens is 508 g/mol. The Hall–Kier alpha value is -3.61. The molecule has 2 aromatic rings. The molecule has 2 aliphatic rings. The Morgan fingerprint density at radius 1 is 0.850 bits per heavy atom. The van der Waals surface area contributed by atoms with E-state index in [1.807, 2.05) is 0 Å². The molecule has 40 heavy (non-hydrogen) atoms. The van der Waals surface area contributed by atoms with E-state index in [-0.39, 0.29) is 22.9 Å². The number of unbranched alkanes of at least 4 members (excludes halogenated alkanes) is 3. The van der Waals surface area contributed by atoms with Gasteiger partial charge in [-0.1, -0.05) is 27.4 Å². The van der Waals surface area contributed by atoms with Crippen LogP contribution < -0.4 is 9.47 Å². The van der Waals surface area contributed by atoms with Gasteiger partial charge < -0.3 is 18.9 Å². The van der Waals surface area contributed by atoms with Gasteiger partial charge in [0.05, 0.1) is 24.3 Å². The van der Waals surface area contributed by atoms with E-state index in [4.69, 9.17) is 18.9 Å². The maximum atomic E-state index is 12.8. The SMILES string of the molecule is C=CC(=O)OCCCCCCOc1ccc(C(=O)Oc2ccc(C(=O)OC3CC4CCC3(C)C4(C)C)cc2)cc1. The normalized spacial score (nSPS) is 22.4. The molecule has 2 bridgehead atoms. The first-order valence-electron chi connectivity index (χ1n) is 14.2. The Balaban J connectivity index is 1.18. The van der Waals surface area contributed by atoms with Gasteiger partial charge in [0, 0.05) is 11.5 Å². The number of rotatable bonds is 13. The van der Waals surface area contributed by atoms with Crippen molar-refractivity contribution in [3.05, 3.63) is 72.3 Å². The largest absolute Gasteiger partial charge is 0.494 e. The van der Waals surface area contributed by atoms with Gasteiger partial charge in [-0.15, -0.1) is 0 Å². The molecular formula is C33H40O7. The van der Waals surface area contributed by atoms with Crippen molar-refractivity contribution in [2.45, 2.75) is 71.8 Å². The predicted molar refractivity (Wildman–Crippen MR) is 151 cm³/mol. The van der Waals surface area contributed by atoms with Gasteiger partial charge in [0.25, 0.3) is 0 Å². The standard InChI is InChI=1S/C33H40O7/c1-5-29(34)38-21-9-7-6-8-20-37-26-14-10-23(11-15-26)30(35)39-27-16-12-24(13-17-27)31(36)40-28-22-25-18-19-33(28,4)32(25,2)3/h5,10-17,25,28H,1,6-9,18-22H2,2-4H3. The molecule has 7 heteroatoms. The summed E-state index contributed by atoms with van der Waals surface area (Å²) >= 11 is 0. The second-order valence-electron chi connectivity index (χ2n) is 11.6. The average molecular weight is 549 g/mol. The van der Waals surface area contributed by atoms with Gasteiger partial charge >= 0.3 is 17.9 Å². The third kappa shape index (κ3) is 6.57. The van der Waals surface area contributed by atoms with Gasteiger partial charge in [-0.05, 0) is 105 Å². The molecule has 0 heterocycles. The summed E-state index contributed by atoms with van der Waals surface area (Å²) in [7, 11) is 0. The number of esters is 3. The number of fused-ring (bicyclic) bond motifs is 2. The van der Waals surface area contributed by atoms with Crippen molar-refractivity contribution >= 4 is 17.9 Å². The van der Waals surface area contributed by atoms with Crippen LogP contribution in [0.5, 0.6) is 11.5 Å². The zero-order valence-corrected chi connectivity index (χ0v) is 23.8. The Bertz CT molecular complexity index is 1200. The molecule has 0 N–H and O–H groups in total. The Morgan fingerprint density at radius 3 is 2.02 bits per heavy atom. The number of hydrogen-bond donors (Lipinski definition) is 0. The summed E-state index contributed by atoms with van der Waals surface area (Å²) in [6.07, 6.45) is 7.89. The monoisotopic (exact) mass is 548 g/mol. The zero-order chi connectivity index (χ0) is 28.8. The second kappa shape index (κ2) is 12.7. The molecule has 7 nitrogen and oxygen atoms in total. The van der Waals surface area contributed by atoms with Crippen LogP contribution in [0.4, 0.5) is 0 Å². The molecule has 3 atom stereocenters. The van der Waals surface area contributed by atoms with Crippen LogP contribution >= 0.6 is 0 Å². The van der Waals surface area contributed by atoms with Crippen molar-refractivity contribution < 1.29 is 33.3 Å². The lowest BCUT2D eigenvalue weighted by Gasteiger charge is -2.38. The topological polar surface area (TPSA) is 88.1 Å². The van der Waals surface area contributed by atoms with E-state index in [0.29, 0.717) is 41.8 Å². The second-order valence-corrected chi connectivity index (χ2v) is 11.6. The highest BCUT2D eigenvalue weighted by molar-refractivity contribution is 5.92. The number of hydrogen-bond acceptors (Lipinski definition) is 7. The van der Waals surface area contributed by atoms with Crippen LogP contribution in [0.2, 0.25) is 0 Å². The third-order valence-corrected chi connectivity index (χ3v) is 9.07. The average Bonchev–Trinajstić information content (AvgIpc) is 3.28. The summed E-state index contributed by atoms with van der Waals surface area (Å²) in [6, 6.07) is 13.3. The molecule has 4 rings (SSSR count). The summed E-state index contributed by atoms with van der Waals surface area (Å²) in [5.74, 6) is 0.403. The van der Waals surface area contributed by atoms with Gasteiger partial charge in [0.2, 0.25) is 0 Å². The highest BCUT2D eigenvalue weighted by atomic mass is 16.5. The van der Waals surface area contributed by atoms with E-state index in [2.05, 4.69) is 27.4 Å². The summed E-state index contributed by atoms with van der Waals surface area (Å²) in [5.41, 5.74) is 1.03. The van der Waals surface area contributed by atoms with Crippen molar-refractivity contribution in [2.24, 2.45) is 16.7 Å². The van der Waals surface area contributed by atoms with Crippen molar-refractivity contribution in [1.82, 2.24) is 0 Å². The quantitative estimate of drug-likeness (QED) is 0.116. The van der Waals surface area contributed by atoms with Gasteiger partial charge in [-0.25, -0.2) is 14.4 Å². The van der Waals surface area contributed by atoms with Crippen molar-refractivity contribution in [2.75, 3.05) is 13.2 Å². The fourth-order valence-corrected chi connectivity index (χ4v) is 6.00. The van der Waals surface area contributed by atoms with Crippen LogP contribution in [0.15, 0.2) is 61.2 Å². The van der Waals surface area contributed by atoms with Crippen LogP contribution in [0, 0.1) is 16.7 Å². The Morgan fingerprint density at radius 2 is 1.45 bits per heavy atom. The highest BCUT2D eigenvalue weighted by Gasteiger charge is 2.62. The Kier molecular flexibility index (Phi) is 9.33. The maximum absolute atomic E-state index is 12.8. The van der Waals surface area contributed by atoms with Crippen LogP contribution in [0.25, 0.3) is 0 Å². The van der Waals surface area contributed by atoms with Gasteiger partial charge in [-0.3, -0.25) is 0 Å². The van der Waals surface area contributed by atoms with Crippen molar-refractivity contribution in [3.8, 4) is 11.5 Å². The van der Waals surface area contributed by atoms with E-state index >= 15 is 0 Å². The molecule has 3 unspecified atom stereocenters. The fourth-order valence-electron chi connectivity index (χ4n) is 6.00. The molecule has 0 radical (unpaired) electrons. The van der Waals surface area contributed by atoms with Gasteiger partial charge in [0.1, 0.15) is 17.6 Å². The van der Waals surface area contributed by atoms with Crippen LogP contribution in [0.3, 0.4) is 0 Å². The highest BCUT2D eigenvalue weighted by Crippen LogP contribution is 2.66. The van der Waals surface area contributed by atoms with E-state index in [9.17, 15) is 14.4 Å². The van der Waals surface area contributed by atoms with Gasteiger partial charge in [0.15, 0.2) is 0 Å². The third-order valence-electron chi connectivity index (χ3n) is 9.07. The molecule has 214 valence electrons. The lowest BCUT2D eigenvalue weighted by molar-refractivity contribution is -0.137. The van der Waals surface area contributed by atoms with Crippen LogP contribution in [-0.2, 0) is 14.3 Å². The summed E-state index contributed by atoms with van der Waals surface area (Å²) in [4.78, 5) is 36.4. The molecule has 2 saturated carbocycles. The lowest BCUT2D eigenvalue weighted by Crippen LogP contribution is -2.38. The van der Waals surface area contributed by atoms with Crippen LogP contribution in [-0.4, -0.2) is 37.2 Å². The lowest BCUT2D eigenvalue weighted by atomic mass is 9.70. The first kappa shape index (κ1) is 29.4. The van der Waals surface area contributed by atoms with Crippen molar-refractivity contribution in [3.63, 3.8) is 0 Å². The molecule has 0 amide bonds. The molecule has 0 saturated heterocycles. The van der Waals surface area contributed by atoms with Gasteiger partial charge in [-0.2, -0.15) is 0 Å². The molecule has 2 fully saturated rings. The maximum Gasteiger partial charge on any atom is 0.343 e. The zero-order valence-electron chi connectivity index (χ0n) is 23.8. The molecule has 0 aliphatic heterocycles. The number of carbonyl (C=O) groups excluding carboxylic acids is 3. The Labute approximate surface area is 236 Å². The van der Waals surface area contributed by atoms with E-state index in [1.165, 1.54) is 6.42 Å². The minimum atomic E-state index is -0.490. The van der Waals surface area contributed by atoms with Crippen molar-refractivity contribution in [1.29, 1.82) is 0 Å². The minimum absolute atomic E-state index is 0.00784. The summed E-state index contributed by atoms with van der Waals surface area (Å²) in [5, 5.41) is 0. The number of benzene rings is 2. The number of carbonyl (C=O) groups is 3. The first-order chi connectivity index (χ1) is 19.1. The predicted octanol–water partition coefficient (Wildman–Crippen LogP) is 6.95. The van der Waals surface area contributed by atoms with Crippen LogP contribution in [0.1, 0.15) is 86.4 Å². The molecule has 2 aromatic carbocycles. The minimum Gasteiger partial charge on any atom is -0.494 e.